The fourth-order valence-corrected chi connectivity index (χ4v) is 6.70. The molecule has 1 aliphatic rings. The van der Waals surface area contributed by atoms with Gasteiger partial charge in [-0.05, 0) is 44.5 Å². The highest BCUT2D eigenvalue weighted by molar-refractivity contribution is 7.54. The minimum absolute atomic E-state index is 0.290. The molecule has 176 valence electrons. The summed E-state index contributed by atoms with van der Waals surface area (Å²) < 4.78 is 2.16. The summed E-state index contributed by atoms with van der Waals surface area (Å²) in [6, 6.07) is 10.9. The highest BCUT2D eigenvalue weighted by Crippen LogP contribution is 2.38. The number of aromatic nitrogens is 4. The minimum Gasteiger partial charge on any atom is -0.371 e. The SMILES string of the molecule is C=C(CNP(CCC(C)Cn1cnc2c(NC)ncnc21)Cc1ccccc1)CC1CCC1. The second-order valence-corrected chi connectivity index (χ2v) is 11.6. The first-order valence-corrected chi connectivity index (χ1v) is 13.9. The van der Waals surface area contributed by atoms with Crippen molar-refractivity contribution >= 4 is 25.1 Å². The lowest BCUT2D eigenvalue weighted by atomic mass is 9.81. The molecule has 0 amide bonds. The van der Waals surface area contributed by atoms with E-state index in [0.29, 0.717) is 5.92 Å². The topological polar surface area (TPSA) is 67.7 Å². The molecule has 0 radical (unpaired) electrons. The van der Waals surface area contributed by atoms with Crippen LogP contribution in [-0.2, 0) is 12.7 Å². The molecule has 2 heterocycles. The van der Waals surface area contributed by atoms with Crippen molar-refractivity contribution in [3.05, 3.63) is 60.7 Å². The number of nitrogens with one attached hydrogen (secondary N) is 2. The van der Waals surface area contributed by atoms with Crippen LogP contribution in [-0.4, -0.2) is 39.3 Å². The zero-order chi connectivity index (χ0) is 23.0. The molecule has 3 aromatic rings. The van der Waals surface area contributed by atoms with Crippen LogP contribution in [0.2, 0.25) is 0 Å². The number of imidazole rings is 1. The van der Waals surface area contributed by atoms with E-state index in [1.54, 1.807) is 6.33 Å². The standard InChI is InChI=1S/C26H37N6P/c1-20(16-32-19-30-24-25(27-3)28-18-29-26(24)32)12-13-33(17-23-8-5-4-6-9-23)31-15-21(2)14-22-10-7-11-22/h4-6,8-9,18-20,22,31H,2,7,10-17H2,1,3H3,(H,27,28,29). The number of fused-ring (bicyclic) bond motifs is 1. The lowest BCUT2D eigenvalue weighted by Crippen LogP contribution is -2.19. The molecule has 2 unspecified atom stereocenters. The van der Waals surface area contributed by atoms with Crippen LogP contribution in [0.4, 0.5) is 5.82 Å². The van der Waals surface area contributed by atoms with Gasteiger partial charge in [-0.3, -0.25) is 5.09 Å². The van der Waals surface area contributed by atoms with Gasteiger partial charge in [0, 0.05) is 26.3 Å². The maximum Gasteiger partial charge on any atom is 0.165 e. The molecule has 4 rings (SSSR count). The maximum atomic E-state index is 4.54. The van der Waals surface area contributed by atoms with Crippen molar-refractivity contribution in [1.82, 2.24) is 24.6 Å². The summed E-state index contributed by atoms with van der Waals surface area (Å²) in [6.07, 6.45) is 12.4. The van der Waals surface area contributed by atoms with Gasteiger partial charge in [0.25, 0.3) is 0 Å². The Morgan fingerprint density at radius 3 is 2.76 bits per heavy atom. The van der Waals surface area contributed by atoms with E-state index < -0.39 is 0 Å². The molecular formula is C26H37N6P. The zero-order valence-corrected chi connectivity index (χ0v) is 20.9. The summed E-state index contributed by atoms with van der Waals surface area (Å²) in [4.78, 5) is 13.3. The first-order valence-electron chi connectivity index (χ1n) is 12.1. The van der Waals surface area contributed by atoms with Gasteiger partial charge in [-0.25, -0.2) is 15.0 Å². The molecule has 33 heavy (non-hydrogen) atoms. The van der Waals surface area contributed by atoms with Crippen LogP contribution >= 0.6 is 8.07 Å². The van der Waals surface area contributed by atoms with E-state index in [1.165, 1.54) is 49.4 Å². The molecular weight excluding hydrogens is 427 g/mol. The fourth-order valence-electron chi connectivity index (χ4n) is 4.42. The Morgan fingerprint density at radius 2 is 2.03 bits per heavy atom. The average Bonchev–Trinajstić information content (AvgIpc) is 3.21. The Balaban J connectivity index is 1.33. The zero-order valence-electron chi connectivity index (χ0n) is 20.0. The highest BCUT2D eigenvalue weighted by Gasteiger charge is 2.19. The van der Waals surface area contributed by atoms with Crippen LogP contribution in [0.15, 0.2) is 55.1 Å². The van der Waals surface area contributed by atoms with Gasteiger partial charge in [0.15, 0.2) is 11.5 Å². The molecule has 2 N–H and O–H groups in total. The van der Waals surface area contributed by atoms with Gasteiger partial charge in [0.05, 0.1) is 6.33 Å². The Kier molecular flexibility index (Phi) is 8.46. The van der Waals surface area contributed by atoms with E-state index in [-0.39, 0.29) is 8.07 Å². The van der Waals surface area contributed by atoms with Gasteiger partial charge in [0.1, 0.15) is 11.8 Å². The second-order valence-electron chi connectivity index (χ2n) is 9.43. The summed E-state index contributed by atoms with van der Waals surface area (Å²) in [5.41, 5.74) is 4.53. The molecule has 0 bridgehead atoms. The van der Waals surface area contributed by atoms with Gasteiger partial charge >= 0.3 is 0 Å². The molecule has 1 fully saturated rings. The summed E-state index contributed by atoms with van der Waals surface area (Å²) in [5.74, 6) is 2.21. The van der Waals surface area contributed by atoms with Crippen molar-refractivity contribution in [2.45, 2.75) is 51.7 Å². The van der Waals surface area contributed by atoms with Crippen LogP contribution < -0.4 is 10.4 Å². The van der Waals surface area contributed by atoms with Crippen molar-refractivity contribution < 1.29 is 0 Å². The lowest BCUT2D eigenvalue weighted by molar-refractivity contribution is 0.313. The molecule has 6 nitrogen and oxygen atoms in total. The molecule has 7 heteroatoms. The van der Waals surface area contributed by atoms with E-state index >= 15 is 0 Å². The van der Waals surface area contributed by atoms with Crippen LogP contribution in [0, 0.1) is 11.8 Å². The van der Waals surface area contributed by atoms with Crippen LogP contribution in [0.3, 0.4) is 0 Å². The normalized spacial score (nSPS) is 15.8. The van der Waals surface area contributed by atoms with Crippen molar-refractivity contribution in [1.29, 1.82) is 0 Å². The molecule has 0 saturated heterocycles. The minimum atomic E-state index is -0.290. The monoisotopic (exact) mass is 464 g/mol. The quantitative estimate of drug-likeness (QED) is 0.246. The van der Waals surface area contributed by atoms with Gasteiger partial charge < -0.3 is 9.88 Å². The summed E-state index contributed by atoms with van der Waals surface area (Å²) in [5, 5.41) is 7.00. The number of nitrogens with zero attached hydrogens (tertiary/aromatic N) is 4. The third-order valence-corrected chi connectivity index (χ3v) is 8.76. The molecule has 0 aliphatic heterocycles. The van der Waals surface area contributed by atoms with Crippen molar-refractivity contribution in [3.63, 3.8) is 0 Å². The molecule has 0 spiro atoms. The maximum absolute atomic E-state index is 4.54. The summed E-state index contributed by atoms with van der Waals surface area (Å²) in [6.45, 7) is 8.57. The number of rotatable bonds is 13. The Hall–Kier alpha value is -2.30. The van der Waals surface area contributed by atoms with Crippen LogP contribution in [0.25, 0.3) is 11.2 Å². The Morgan fingerprint density at radius 1 is 1.21 bits per heavy atom. The fraction of sp³-hybridized carbons (Fsp3) is 0.500. The molecule has 2 atom stereocenters. The molecule has 2 aromatic heterocycles. The molecule has 1 saturated carbocycles. The van der Waals surface area contributed by atoms with Gasteiger partial charge in [0.2, 0.25) is 0 Å². The van der Waals surface area contributed by atoms with E-state index in [0.717, 1.165) is 42.2 Å². The van der Waals surface area contributed by atoms with Crippen molar-refractivity contribution in [2.75, 3.05) is 25.1 Å². The second kappa shape index (κ2) is 11.7. The number of hydrogen-bond acceptors (Lipinski definition) is 5. The number of hydrogen-bond donors (Lipinski definition) is 2. The van der Waals surface area contributed by atoms with Gasteiger partial charge in [-0.1, -0.05) is 68.7 Å². The lowest BCUT2D eigenvalue weighted by Gasteiger charge is -2.27. The number of benzene rings is 1. The van der Waals surface area contributed by atoms with Crippen molar-refractivity contribution in [3.8, 4) is 0 Å². The van der Waals surface area contributed by atoms with Gasteiger partial charge in [-0.15, -0.1) is 0 Å². The summed E-state index contributed by atoms with van der Waals surface area (Å²) >= 11 is 0. The van der Waals surface area contributed by atoms with E-state index in [2.05, 4.69) is 73.8 Å². The van der Waals surface area contributed by atoms with E-state index in [9.17, 15) is 0 Å². The third kappa shape index (κ3) is 6.61. The van der Waals surface area contributed by atoms with Gasteiger partial charge in [-0.2, -0.15) is 0 Å². The molecule has 1 aliphatic carbocycles. The molecule has 1 aromatic carbocycles. The Labute approximate surface area is 199 Å². The van der Waals surface area contributed by atoms with Crippen LogP contribution in [0.5, 0.6) is 0 Å². The first-order chi connectivity index (χ1) is 16.1. The summed E-state index contributed by atoms with van der Waals surface area (Å²) in [7, 11) is 1.58. The Bertz CT molecular complexity index is 1030. The first kappa shape index (κ1) is 23.8. The highest BCUT2D eigenvalue weighted by atomic mass is 31.1. The smallest absolute Gasteiger partial charge is 0.165 e. The number of anilines is 1. The van der Waals surface area contributed by atoms with Crippen LogP contribution in [0.1, 0.15) is 44.6 Å². The van der Waals surface area contributed by atoms with Crippen molar-refractivity contribution in [2.24, 2.45) is 11.8 Å². The average molecular weight is 465 g/mol. The van der Waals surface area contributed by atoms with E-state index in [4.69, 9.17) is 0 Å². The third-order valence-electron chi connectivity index (χ3n) is 6.61. The predicted octanol–water partition coefficient (Wildman–Crippen LogP) is 5.83. The van der Waals surface area contributed by atoms with E-state index in [1.807, 2.05) is 13.4 Å². The predicted molar refractivity (Wildman–Crippen MR) is 140 cm³/mol. The largest absolute Gasteiger partial charge is 0.371 e.